The minimum absolute atomic E-state index is 0.152. The van der Waals surface area contributed by atoms with Gasteiger partial charge in [-0.2, -0.15) is 0 Å². The zero-order chi connectivity index (χ0) is 19.3. The molecule has 0 unspecified atom stereocenters. The Morgan fingerprint density at radius 1 is 1.07 bits per heavy atom. The summed E-state index contributed by atoms with van der Waals surface area (Å²) >= 11 is 1.42. The molecule has 0 aliphatic carbocycles. The second kappa shape index (κ2) is 8.39. The van der Waals surface area contributed by atoms with E-state index in [4.69, 9.17) is 0 Å². The summed E-state index contributed by atoms with van der Waals surface area (Å²) < 4.78 is 0. The number of carbonyl (C=O) groups excluding carboxylic acids is 1. The van der Waals surface area contributed by atoms with Crippen molar-refractivity contribution in [1.29, 1.82) is 0 Å². The molecular formula is C21H23N5OS. The third-order valence-corrected chi connectivity index (χ3v) is 5.59. The van der Waals surface area contributed by atoms with Gasteiger partial charge in [0, 0.05) is 55.6 Å². The molecule has 0 radical (unpaired) electrons. The molecule has 1 saturated heterocycles. The molecule has 1 aliphatic heterocycles. The van der Waals surface area contributed by atoms with Crippen LogP contribution >= 0.6 is 11.3 Å². The van der Waals surface area contributed by atoms with Gasteiger partial charge >= 0.3 is 0 Å². The van der Waals surface area contributed by atoms with Crippen molar-refractivity contribution in [2.75, 3.05) is 36.0 Å². The smallest absolute Gasteiger partial charge is 0.271 e. The van der Waals surface area contributed by atoms with Gasteiger partial charge in [0.2, 0.25) is 0 Å². The third kappa shape index (κ3) is 3.99. The molecule has 7 heteroatoms. The average molecular weight is 394 g/mol. The van der Waals surface area contributed by atoms with Gasteiger partial charge < -0.3 is 15.1 Å². The lowest BCUT2D eigenvalue weighted by Crippen LogP contribution is -2.47. The van der Waals surface area contributed by atoms with E-state index in [0.29, 0.717) is 12.2 Å². The van der Waals surface area contributed by atoms with Crippen LogP contribution in [0.2, 0.25) is 0 Å². The summed E-state index contributed by atoms with van der Waals surface area (Å²) in [6.07, 6.45) is 1.81. The lowest BCUT2D eigenvalue weighted by Gasteiger charge is -2.38. The SMILES string of the molecule is Cc1ccccc1N1CCN(c2ncccc2CNC(=O)c2cscn2)CC1. The Bertz CT molecular complexity index is 935. The number of nitrogens with one attached hydrogen (secondary N) is 1. The van der Waals surface area contributed by atoms with Gasteiger partial charge in [0.25, 0.3) is 5.91 Å². The second-order valence-electron chi connectivity index (χ2n) is 6.80. The summed E-state index contributed by atoms with van der Waals surface area (Å²) in [4.78, 5) is 25.6. The Kier molecular flexibility index (Phi) is 5.53. The molecule has 1 aromatic carbocycles. The Morgan fingerprint density at radius 2 is 1.86 bits per heavy atom. The number of rotatable bonds is 5. The standard InChI is InChI=1S/C21H23N5OS/c1-16-5-2-3-7-19(16)25-9-11-26(12-10-25)20-17(6-4-8-22-20)13-23-21(27)18-14-28-15-24-18/h2-8,14-15H,9-13H2,1H3,(H,23,27). The van der Waals surface area contributed by atoms with Gasteiger partial charge in [-0.25, -0.2) is 9.97 Å². The Labute approximate surface area is 168 Å². The fourth-order valence-electron chi connectivity index (χ4n) is 3.52. The summed E-state index contributed by atoms with van der Waals surface area (Å²) in [5.74, 6) is 0.797. The number of hydrogen-bond acceptors (Lipinski definition) is 6. The Hall–Kier alpha value is -2.93. The molecule has 1 amide bonds. The highest BCUT2D eigenvalue weighted by molar-refractivity contribution is 7.07. The van der Waals surface area contributed by atoms with E-state index in [1.807, 2.05) is 18.3 Å². The fraction of sp³-hybridized carbons (Fsp3) is 0.286. The van der Waals surface area contributed by atoms with Crippen LogP contribution in [0.25, 0.3) is 0 Å². The highest BCUT2D eigenvalue weighted by Gasteiger charge is 2.21. The molecule has 1 aliphatic rings. The van der Waals surface area contributed by atoms with Crippen molar-refractivity contribution >= 4 is 28.7 Å². The first-order valence-corrected chi connectivity index (χ1v) is 10.3. The number of carbonyl (C=O) groups is 1. The fourth-order valence-corrected chi connectivity index (χ4v) is 4.05. The maximum Gasteiger partial charge on any atom is 0.271 e. The molecule has 0 atom stereocenters. The van der Waals surface area contributed by atoms with E-state index in [1.54, 1.807) is 10.9 Å². The first-order valence-electron chi connectivity index (χ1n) is 9.38. The molecule has 1 fully saturated rings. The number of aromatic nitrogens is 2. The molecule has 3 heterocycles. The summed E-state index contributed by atoms with van der Waals surface area (Å²) in [6.45, 7) is 6.30. The quantitative estimate of drug-likeness (QED) is 0.722. The number of hydrogen-bond donors (Lipinski definition) is 1. The van der Waals surface area contributed by atoms with E-state index in [0.717, 1.165) is 37.6 Å². The predicted molar refractivity (Wildman–Crippen MR) is 113 cm³/mol. The molecule has 6 nitrogen and oxygen atoms in total. The Balaban J connectivity index is 1.41. The van der Waals surface area contributed by atoms with Gasteiger partial charge in [0.1, 0.15) is 11.5 Å². The van der Waals surface area contributed by atoms with Gasteiger partial charge in [-0.15, -0.1) is 11.3 Å². The van der Waals surface area contributed by atoms with Crippen LogP contribution in [0, 0.1) is 6.92 Å². The lowest BCUT2D eigenvalue weighted by atomic mass is 10.1. The Morgan fingerprint density at radius 3 is 2.61 bits per heavy atom. The van der Waals surface area contributed by atoms with Gasteiger partial charge in [-0.3, -0.25) is 4.79 Å². The summed E-state index contributed by atoms with van der Waals surface area (Å²) in [5.41, 5.74) is 5.76. The predicted octanol–water partition coefficient (Wildman–Crippen LogP) is 3.10. The van der Waals surface area contributed by atoms with Crippen molar-refractivity contribution in [3.63, 3.8) is 0 Å². The first kappa shape index (κ1) is 18.4. The average Bonchev–Trinajstić information content (AvgIpc) is 3.28. The number of benzene rings is 1. The first-order chi connectivity index (χ1) is 13.7. The molecule has 1 N–H and O–H groups in total. The van der Waals surface area contributed by atoms with E-state index >= 15 is 0 Å². The van der Waals surface area contributed by atoms with Crippen molar-refractivity contribution in [1.82, 2.24) is 15.3 Å². The number of aryl methyl sites for hydroxylation is 1. The van der Waals surface area contributed by atoms with Gasteiger partial charge in [0.15, 0.2) is 0 Å². The summed E-state index contributed by atoms with van der Waals surface area (Å²) in [5, 5.41) is 4.71. The highest BCUT2D eigenvalue weighted by atomic mass is 32.1. The van der Waals surface area contributed by atoms with E-state index in [1.165, 1.54) is 22.6 Å². The minimum atomic E-state index is -0.152. The molecule has 0 saturated carbocycles. The van der Waals surface area contributed by atoms with Gasteiger partial charge in [-0.1, -0.05) is 24.3 Å². The number of para-hydroxylation sites is 1. The minimum Gasteiger partial charge on any atom is -0.368 e. The normalized spacial score (nSPS) is 14.2. The van der Waals surface area contributed by atoms with Crippen LogP contribution in [-0.4, -0.2) is 42.1 Å². The number of nitrogens with zero attached hydrogens (tertiary/aromatic N) is 4. The van der Waals surface area contributed by atoms with Crippen molar-refractivity contribution in [2.24, 2.45) is 0 Å². The van der Waals surface area contributed by atoms with Crippen LogP contribution in [-0.2, 0) is 6.54 Å². The molecule has 4 rings (SSSR count). The van der Waals surface area contributed by atoms with Gasteiger partial charge in [0.05, 0.1) is 5.51 Å². The zero-order valence-corrected chi connectivity index (χ0v) is 16.7. The van der Waals surface area contributed by atoms with E-state index < -0.39 is 0 Å². The number of anilines is 2. The van der Waals surface area contributed by atoms with Crippen LogP contribution in [0.4, 0.5) is 11.5 Å². The topological polar surface area (TPSA) is 61.4 Å². The number of pyridine rings is 1. The monoisotopic (exact) mass is 393 g/mol. The van der Waals surface area contributed by atoms with Crippen molar-refractivity contribution < 1.29 is 4.79 Å². The van der Waals surface area contributed by atoms with Crippen molar-refractivity contribution in [3.8, 4) is 0 Å². The maximum absolute atomic E-state index is 12.2. The van der Waals surface area contributed by atoms with E-state index in [-0.39, 0.29) is 5.91 Å². The number of thiazole rings is 1. The number of piperazine rings is 1. The summed E-state index contributed by atoms with van der Waals surface area (Å²) in [7, 11) is 0. The van der Waals surface area contributed by atoms with Gasteiger partial charge in [-0.05, 0) is 24.6 Å². The molecule has 3 aromatic rings. The van der Waals surface area contributed by atoms with Crippen molar-refractivity contribution in [2.45, 2.75) is 13.5 Å². The molecule has 0 bridgehead atoms. The van der Waals surface area contributed by atoms with E-state index in [9.17, 15) is 4.79 Å². The molecule has 144 valence electrons. The van der Waals surface area contributed by atoms with Crippen LogP contribution in [0.5, 0.6) is 0 Å². The molecular weight excluding hydrogens is 370 g/mol. The second-order valence-corrected chi connectivity index (χ2v) is 7.52. The van der Waals surface area contributed by atoms with Crippen LogP contribution in [0.3, 0.4) is 0 Å². The molecule has 28 heavy (non-hydrogen) atoms. The molecule has 0 spiro atoms. The highest BCUT2D eigenvalue weighted by Crippen LogP contribution is 2.24. The maximum atomic E-state index is 12.2. The largest absolute Gasteiger partial charge is 0.368 e. The van der Waals surface area contributed by atoms with Crippen LogP contribution < -0.4 is 15.1 Å². The van der Waals surface area contributed by atoms with Crippen LogP contribution in [0.15, 0.2) is 53.5 Å². The molecule has 2 aromatic heterocycles. The zero-order valence-electron chi connectivity index (χ0n) is 15.8. The third-order valence-electron chi connectivity index (χ3n) is 5.01. The van der Waals surface area contributed by atoms with Crippen molar-refractivity contribution in [3.05, 3.63) is 70.3 Å². The lowest BCUT2D eigenvalue weighted by molar-refractivity contribution is 0.0946. The summed E-state index contributed by atoms with van der Waals surface area (Å²) in [6, 6.07) is 12.5. The van der Waals surface area contributed by atoms with Crippen LogP contribution in [0.1, 0.15) is 21.6 Å². The van der Waals surface area contributed by atoms with E-state index in [2.05, 4.69) is 56.3 Å². The number of amides is 1.